The molecule has 0 fully saturated rings. The van der Waals surface area contributed by atoms with E-state index in [0.29, 0.717) is 16.4 Å². The molecule has 0 aliphatic carbocycles. The van der Waals surface area contributed by atoms with Gasteiger partial charge in [0.2, 0.25) is 11.8 Å². The van der Waals surface area contributed by atoms with Gasteiger partial charge in [0.1, 0.15) is 12.2 Å². The average molecular weight is 397 g/mol. The fourth-order valence-corrected chi connectivity index (χ4v) is 2.67. The fourth-order valence-electron chi connectivity index (χ4n) is 2.55. The van der Waals surface area contributed by atoms with Crippen molar-refractivity contribution in [3.63, 3.8) is 0 Å². The molecule has 0 bridgehead atoms. The number of amides is 2. The Morgan fingerprint density at radius 2 is 1.71 bits per heavy atom. The molecule has 2 aromatic carbocycles. The topological polar surface area (TPSA) is 93.1 Å². The third-order valence-corrected chi connectivity index (χ3v) is 4.03. The quantitative estimate of drug-likeness (QED) is 0.692. The zero-order valence-electron chi connectivity index (χ0n) is 15.0. The van der Waals surface area contributed by atoms with Gasteiger partial charge in [-0.15, -0.1) is 0 Å². The highest BCUT2D eigenvalue weighted by molar-refractivity contribution is 6.30. The average Bonchev–Trinajstić information content (AvgIpc) is 2.67. The normalized spacial score (nSPS) is 10.4. The molecule has 1 aromatic heterocycles. The van der Waals surface area contributed by atoms with Crippen LogP contribution in [0.25, 0.3) is 11.3 Å². The fraction of sp³-hybridized carbons (Fsp3) is 0.100. The van der Waals surface area contributed by atoms with Crippen molar-refractivity contribution in [3.8, 4) is 11.3 Å². The number of hydrogen-bond donors (Lipinski definition) is 2. The number of benzene rings is 2. The van der Waals surface area contributed by atoms with Gasteiger partial charge in [-0.3, -0.25) is 14.4 Å². The van der Waals surface area contributed by atoms with E-state index in [1.165, 1.54) is 13.0 Å². The van der Waals surface area contributed by atoms with Crippen LogP contribution in [0.15, 0.2) is 65.5 Å². The van der Waals surface area contributed by atoms with Crippen molar-refractivity contribution in [1.29, 1.82) is 0 Å². The second-order valence-electron chi connectivity index (χ2n) is 6.01. The summed E-state index contributed by atoms with van der Waals surface area (Å²) in [5.74, 6) is -0.824. The Labute approximate surface area is 166 Å². The minimum atomic E-state index is -0.568. The summed E-state index contributed by atoms with van der Waals surface area (Å²) in [5.41, 5.74) is 1.25. The van der Waals surface area contributed by atoms with Crippen LogP contribution in [0.5, 0.6) is 0 Å². The molecule has 8 heteroatoms. The largest absolute Gasteiger partial charge is 0.324 e. The van der Waals surface area contributed by atoms with Crippen LogP contribution in [-0.4, -0.2) is 21.6 Å². The van der Waals surface area contributed by atoms with Crippen LogP contribution in [0.3, 0.4) is 0 Å². The molecule has 2 N–H and O–H groups in total. The molecule has 142 valence electrons. The van der Waals surface area contributed by atoms with E-state index in [9.17, 15) is 14.4 Å². The first-order valence-electron chi connectivity index (χ1n) is 8.43. The maximum Gasteiger partial charge on any atom is 0.291 e. The summed E-state index contributed by atoms with van der Waals surface area (Å²) in [5, 5.41) is 10.00. The number of nitrogens with zero attached hydrogens (tertiary/aromatic N) is 2. The van der Waals surface area contributed by atoms with Gasteiger partial charge < -0.3 is 10.6 Å². The first-order valence-corrected chi connectivity index (χ1v) is 8.81. The Hall–Kier alpha value is -3.45. The van der Waals surface area contributed by atoms with Crippen molar-refractivity contribution in [2.45, 2.75) is 13.5 Å². The van der Waals surface area contributed by atoms with Crippen LogP contribution < -0.4 is 16.2 Å². The predicted molar refractivity (Wildman–Crippen MR) is 108 cm³/mol. The summed E-state index contributed by atoms with van der Waals surface area (Å²) in [6.07, 6.45) is 0. The molecule has 1 heterocycles. The molecule has 7 nitrogen and oxygen atoms in total. The van der Waals surface area contributed by atoms with E-state index < -0.39 is 11.5 Å². The second-order valence-corrected chi connectivity index (χ2v) is 6.44. The highest BCUT2D eigenvalue weighted by Gasteiger charge is 2.14. The smallest absolute Gasteiger partial charge is 0.291 e. The molecule has 0 unspecified atom stereocenters. The van der Waals surface area contributed by atoms with Crippen LogP contribution in [-0.2, 0) is 16.1 Å². The summed E-state index contributed by atoms with van der Waals surface area (Å²) in [4.78, 5) is 36.4. The van der Waals surface area contributed by atoms with Gasteiger partial charge >= 0.3 is 0 Å². The number of halogens is 1. The summed E-state index contributed by atoms with van der Waals surface area (Å²) < 4.78 is 1.03. The molecule has 0 atom stereocenters. The monoisotopic (exact) mass is 396 g/mol. The standard InChI is InChI=1S/C20H17ClN4O3/c1-13(26)22-18-11-17(14-5-3-2-4-6-14)24-25(20(18)28)12-19(27)23-16-9-7-15(21)8-10-16/h2-11H,12H2,1H3,(H,22,26)(H,23,27). The summed E-state index contributed by atoms with van der Waals surface area (Å²) >= 11 is 5.83. The zero-order chi connectivity index (χ0) is 20.1. The molecule has 0 radical (unpaired) electrons. The molecule has 3 rings (SSSR count). The molecule has 0 saturated carbocycles. The molecule has 0 saturated heterocycles. The van der Waals surface area contributed by atoms with E-state index in [2.05, 4.69) is 15.7 Å². The number of rotatable bonds is 5. The number of nitrogens with one attached hydrogen (secondary N) is 2. The minimum Gasteiger partial charge on any atom is -0.324 e. The van der Waals surface area contributed by atoms with E-state index in [-0.39, 0.29) is 18.1 Å². The lowest BCUT2D eigenvalue weighted by molar-refractivity contribution is -0.117. The van der Waals surface area contributed by atoms with Crippen molar-refractivity contribution in [2.75, 3.05) is 10.6 Å². The van der Waals surface area contributed by atoms with Gasteiger partial charge in [0.15, 0.2) is 0 Å². The Morgan fingerprint density at radius 1 is 1.04 bits per heavy atom. The minimum absolute atomic E-state index is 0.0562. The van der Waals surface area contributed by atoms with Gasteiger partial charge in [-0.2, -0.15) is 5.10 Å². The van der Waals surface area contributed by atoms with E-state index in [1.807, 2.05) is 30.3 Å². The Morgan fingerprint density at radius 3 is 2.36 bits per heavy atom. The Bertz CT molecular complexity index is 1060. The van der Waals surface area contributed by atoms with Crippen LogP contribution in [0.1, 0.15) is 6.92 Å². The van der Waals surface area contributed by atoms with Gasteiger partial charge in [-0.1, -0.05) is 41.9 Å². The Balaban J connectivity index is 1.92. The van der Waals surface area contributed by atoms with Gasteiger partial charge in [0.05, 0.1) is 5.69 Å². The third-order valence-electron chi connectivity index (χ3n) is 3.78. The van der Waals surface area contributed by atoms with Crippen LogP contribution >= 0.6 is 11.6 Å². The van der Waals surface area contributed by atoms with Gasteiger partial charge in [0.25, 0.3) is 5.56 Å². The van der Waals surface area contributed by atoms with Gasteiger partial charge in [-0.05, 0) is 30.3 Å². The lowest BCUT2D eigenvalue weighted by Crippen LogP contribution is -2.32. The van der Waals surface area contributed by atoms with Crippen LogP contribution in [0, 0.1) is 0 Å². The molecule has 0 aliphatic rings. The molecular formula is C20H17ClN4O3. The summed E-state index contributed by atoms with van der Waals surface area (Å²) in [6, 6.07) is 17.2. The Kier molecular flexibility index (Phi) is 5.86. The zero-order valence-corrected chi connectivity index (χ0v) is 15.7. The maximum absolute atomic E-state index is 12.6. The number of hydrogen-bond acceptors (Lipinski definition) is 4. The summed E-state index contributed by atoms with van der Waals surface area (Å²) in [6.45, 7) is 0.994. The van der Waals surface area contributed by atoms with Crippen molar-refractivity contribution in [1.82, 2.24) is 9.78 Å². The van der Waals surface area contributed by atoms with Crippen LogP contribution in [0.2, 0.25) is 5.02 Å². The lowest BCUT2D eigenvalue weighted by atomic mass is 10.1. The summed E-state index contributed by atoms with van der Waals surface area (Å²) in [7, 11) is 0. The second kappa shape index (κ2) is 8.49. The first kappa shape index (κ1) is 19.3. The van der Waals surface area contributed by atoms with Crippen molar-refractivity contribution < 1.29 is 9.59 Å². The highest BCUT2D eigenvalue weighted by atomic mass is 35.5. The molecular weight excluding hydrogens is 380 g/mol. The molecule has 0 aliphatic heterocycles. The van der Waals surface area contributed by atoms with E-state index in [4.69, 9.17) is 11.6 Å². The number of carbonyl (C=O) groups is 2. The molecule has 28 heavy (non-hydrogen) atoms. The maximum atomic E-state index is 12.6. The number of carbonyl (C=O) groups excluding carboxylic acids is 2. The van der Waals surface area contributed by atoms with Crippen molar-refractivity contribution >= 4 is 34.8 Å². The van der Waals surface area contributed by atoms with Gasteiger partial charge in [0, 0.05) is 23.2 Å². The van der Waals surface area contributed by atoms with Gasteiger partial charge in [-0.25, -0.2) is 4.68 Å². The van der Waals surface area contributed by atoms with Crippen molar-refractivity contribution in [2.24, 2.45) is 0 Å². The molecule has 3 aromatic rings. The highest BCUT2D eigenvalue weighted by Crippen LogP contribution is 2.18. The predicted octanol–water partition coefficient (Wildman–Crippen LogP) is 3.16. The first-order chi connectivity index (χ1) is 13.4. The van der Waals surface area contributed by atoms with E-state index in [0.717, 1.165) is 10.2 Å². The SMILES string of the molecule is CC(=O)Nc1cc(-c2ccccc2)nn(CC(=O)Nc2ccc(Cl)cc2)c1=O. The van der Waals surface area contributed by atoms with Crippen LogP contribution in [0.4, 0.5) is 11.4 Å². The number of anilines is 2. The number of aromatic nitrogens is 2. The third kappa shape index (κ3) is 4.83. The van der Waals surface area contributed by atoms with Crippen molar-refractivity contribution in [3.05, 3.63) is 76.0 Å². The van der Waals surface area contributed by atoms with E-state index in [1.54, 1.807) is 24.3 Å². The van der Waals surface area contributed by atoms with E-state index >= 15 is 0 Å². The lowest BCUT2D eigenvalue weighted by Gasteiger charge is -2.11. The molecule has 2 amide bonds. The molecule has 0 spiro atoms.